The molecule has 11 heavy (non-hydrogen) atoms. The lowest BCUT2D eigenvalue weighted by Gasteiger charge is -2.33. The standard InChI is InChI=1S/C8H18BrNO/c1-8(2,7-9)10(3)5-6-11-4/h5-7H2,1-4H3. The Hall–Kier alpha value is 0.400. The minimum atomic E-state index is 0.221. The van der Waals surface area contributed by atoms with E-state index in [0.29, 0.717) is 0 Å². The number of halogens is 1. The van der Waals surface area contributed by atoms with E-state index < -0.39 is 0 Å². The number of alkyl halides is 1. The van der Waals surface area contributed by atoms with Crippen LogP contribution in [0.2, 0.25) is 0 Å². The summed E-state index contributed by atoms with van der Waals surface area (Å²) in [4.78, 5) is 2.28. The second kappa shape index (κ2) is 5.12. The summed E-state index contributed by atoms with van der Waals surface area (Å²) in [5.41, 5.74) is 0.221. The van der Waals surface area contributed by atoms with Gasteiger partial charge in [0.25, 0.3) is 0 Å². The Kier molecular flexibility index (Phi) is 5.30. The first-order valence-electron chi connectivity index (χ1n) is 3.80. The predicted octanol–water partition coefficient (Wildman–Crippen LogP) is 1.74. The van der Waals surface area contributed by atoms with Crippen molar-refractivity contribution >= 4 is 15.9 Å². The van der Waals surface area contributed by atoms with E-state index in [0.717, 1.165) is 18.5 Å². The third-order valence-electron chi connectivity index (χ3n) is 1.99. The molecule has 0 radical (unpaired) electrons. The zero-order valence-electron chi connectivity index (χ0n) is 7.85. The highest BCUT2D eigenvalue weighted by molar-refractivity contribution is 9.09. The highest BCUT2D eigenvalue weighted by Gasteiger charge is 2.20. The fraction of sp³-hybridized carbons (Fsp3) is 1.00. The Morgan fingerprint density at radius 1 is 1.45 bits per heavy atom. The summed E-state index contributed by atoms with van der Waals surface area (Å²) in [5, 5.41) is 0.986. The second-order valence-electron chi connectivity index (χ2n) is 3.36. The molecule has 0 bridgehead atoms. The minimum absolute atomic E-state index is 0.221. The van der Waals surface area contributed by atoms with Crippen LogP contribution in [0.25, 0.3) is 0 Å². The summed E-state index contributed by atoms with van der Waals surface area (Å²) in [6, 6.07) is 0. The van der Waals surface area contributed by atoms with E-state index in [1.807, 2.05) is 0 Å². The average molecular weight is 224 g/mol. The Labute approximate surface area is 78.0 Å². The molecule has 0 aliphatic carbocycles. The molecule has 0 saturated carbocycles. The van der Waals surface area contributed by atoms with Crippen LogP contribution in [-0.4, -0.2) is 43.1 Å². The van der Waals surface area contributed by atoms with Gasteiger partial charge in [0.15, 0.2) is 0 Å². The summed E-state index contributed by atoms with van der Waals surface area (Å²) < 4.78 is 5.00. The topological polar surface area (TPSA) is 12.5 Å². The van der Waals surface area contributed by atoms with Gasteiger partial charge in [-0.1, -0.05) is 15.9 Å². The molecule has 0 aromatic rings. The third kappa shape index (κ3) is 4.09. The van der Waals surface area contributed by atoms with Crippen LogP contribution < -0.4 is 0 Å². The number of hydrogen-bond acceptors (Lipinski definition) is 2. The number of methoxy groups -OCH3 is 1. The van der Waals surface area contributed by atoms with E-state index in [1.54, 1.807) is 7.11 Å². The Bertz CT molecular complexity index is 106. The van der Waals surface area contributed by atoms with Gasteiger partial charge in [-0.25, -0.2) is 0 Å². The van der Waals surface area contributed by atoms with Crippen LogP contribution >= 0.6 is 15.9 Å². The van der Waals surface area contributed by atoms with Crippen molar-refractivity contribution in [2.45, 2.75) is 19.4 Å². The molecule has 0 rings (SSSR count). The molecule has 0 heterocycles. The maximum atomic E-state index is 5.00. The first-order chi connectivity index (χ1) is 5.04. The molecule has 0 spiro atoms. The van der Waals surface area contributed by atoms with Crippen LogP contribution in [0.1, 0.15) is 13.8 Å². The zero-order valence-corrected chi connectivity index (χ0v) is 9.44. The van der Waals surface area contributed by atoms with Gasteiger partial charge >= 0.3 is 0 Å². The molecule has 0 N–H and O–H groups in total. The van der Waals surface area contributed by atoms with Crippen molar-refractivity contribution in [2.24, 2.45) is 0 Å². The number of likely N-dealkylation sites (N-methyl/N-ethyl adjacent to an activating group) is 1. The maximum absolute atomic E-state index is 5.00. The van der Waals surface area contributed by atoms with Crippen LogP contribution in [0, 0.1) is 0 Å². The van der Waals surface area contributed by atoms with E-state index in [4.69, 9.17) is 4.74 Å². The monoisotopic (exact) mass is 223 g/mol. The Morgan fingerprint density at radius 3 is 2.36 bits per heavy atom. The van der Waals surface area contributed by atoms with Gasteiger partial charge in [0, 0.05) is 24.5 Å². The van der Waals surface area contributed by atoms with Crippen molar-refractivity contribution in [3.05, 3.63) is 0 Å². The van der Waals surface area contributed by atoms with E-state index >= 15 is 0 Å². The van der Waals surface area contributed by atoms with Gasteiger partial charge < -0.3 is 4.74 Å². The summed E-state index contributed by atoms with van der Waals surface area (Å²) in [7, 11) is 3.84. The van der Waals surface area contributed by atoms with E-state index in [2.05, 4.69) is 41.7 Å². The molecular formula is C8H18BrNO. The van der Waals surface area contributed by atoms with Crippen molar-refractivity contribution in [1.82, 2.24) is 4.90 Å². The summed E-state index contributed by atoms with van der Waals surface area (Å²) in [6.07, 6.45) is 0. The molecule has 68 valence electrons. The van der Waals surface area contributed by atoms with Gasteiger partial charge in [-0.15, -0.1) is 0 Å². The molecule has 2 nitrogen and oxygen atoms in total. The zero-order chi connectivity index (χ0) is 8.91. The minimum Gasteiger partial charge on any atom is -0.383 e. The third-order valence-corrected chi connectivity index (χ3v) is 3.36. The SMILES string of the molecule is COCCN(C)C(C)(C)CBr. The number of ether oxygens (including phenoxy) is 1. The lowest BCUT2D eigenvalue weighted by molar-refractivity contribution is 0.113. The predicted molar refractivity (Wildman–Crippen MR) is 52.4 cm³/mol. The number of rotatable bonds is 5. The van der Waals surface area contributed by atoms with E-state index in [9.17, 15) is 0 Å². The van der Waals surface area contributed by atoms with Crippen molar-refractivity contribution in [2.75, 3.05) is 32.6 Å². The first-order valence-corrected chi connectivity index (χ1v) is 4.93. The Morgan fingerprint density at radius 2 is 2.00 bits per heavy atom. The van der Waals surface area contributed by atoms with Crippen LogP contribution in [0.15, 0.2) is 0 Å². The molecule has 0 unspecified atom stereocenters. The van der Waals surface area contributed by atoms with Gasteiger partial charge in [-0.3, -0.25) is 4.90 Å². The number of nitrogens with zero attached hydrogens (tertiary/aromatic N) is 1. The smallest absolute Gasteiger partial charge is 0.0589 e. The average Bonchev–Trinajstić information content (AvgIpc) is 2.00. The second-order valence-corrected chi connectivity index (χ2v) is 3.92. The van der Waals surface area contributed by atoms with Crippen molar-refractivity contribution in [3.8, 4) is 0 Å². The highest BCUT2D eigenvalue weighted by Crippen LogP contribution is 2.14. The number of hydrogen-bond donors (Lipinski definition) is 0. The normalized spacial score (nSPS) is 12.5. The van der Waals surface area contributed by atoms with E-state index in [-0.39, 0.29) is 5.54 Å². The molecule has 0 fully saturated rings. The van der Waals surface area contributed by atoms with Crippen LogP contribution in [0.4, 0.5) is 0 Å². The fourth-order valence-electron chi connectivity index (χ4n) is 0.633. The highest BCUT2D eigenvalue weighted by atomic mass is 79.9. The van der Waals surface area contributed by atoms with Crippen molar-refractivity contribution in [1.29, 1.82) is 0 Å². The van der Waals surface area contributed by atoms with E-state index in [1.165, 1.54) is 0 Å². The van der Waals surface area contributed by atoms with Gasteiger partial charge in [0.2, 0.25) is 0 Å². The van der Waals surface area contributed by atoms with Gasteiger partial charge in [0.05, 0.1) is 6.61 Å². The van der Waals surface area contributed by atoms with Gasteiger partial charge in [-0.2, -0.15) is 0 Å². The fourth-order valence-corrected chi connectivity index (χ4v) is 1.06. The van der Waals surface area contributed by atoms with Crippen LogP contribution in [0.5, 0.6) is 0 Å². The van der Waals surface area contributed by atoms with Gasteiger partial charge in [-0.05, 0) is 20.9 Å². The lowest BCUT2D eigenvalue weighted by atomic mass is 10.1. The molecule has 0 atom stereocenters. The molecule has 0 aromatic heterocycles. The van der Waals surface area contributed by atoms with Crippen LogP contribution in [-0.2, 0) is 4.74 Å². The molecular weight excluding hydrogens is 206 g/mol. The molecule has 0 saturated heterocycles. The molecule has 0 aliphatic heterocycles. The quantitative estimate of drug-likeness (QED) is 0.659. The summed E-state index contributed by atoms with van der Waals surface area (Å²) >= 11 is 3.48. The maximum Gasteiger partial charge on any atom is 0.0589 e. The molecule has 0 aliphatic rings. The molecule has 3 heteroatoms. The summed E-state index contributed by atoms with van der Waals surface area (Å²) in [6.45, 7) is 6.19. The largest absolute Gasteiger partial charge is 0.383 e. The Balaban J connectivity index is 3.71. The summed E-state index contributed by atoms with van der Waals surface area (Å²) in [5.74, 6) is 0. The first kappa shape index (κ1) is 11.4. The van der Waals surface area contributed by atoms with Gasteiger partial charge in [0.1, 0.15) is 0 Å². The molecule has 0 aromatic carbocycles. The van der Waals surface area contributed by atoms with Crippen LogP contribution in [0.3, 0.4) is 0 Å². The van der Waals surface area contributed by atoms with Crippen molar-refractivity contribution in [3.63, 3.8) is 0 Å². The van der Waals surface area contributed by atoms with Crippen molar-refractivity contribution < 1.29 is 4.74 Å². The lowest BCUT2D eigenvalue weighted by Crippen LogP contribution is -2.44. The molecule has 0 amide bonds.